The molecule has 1 aromatic heterocycles. The quantitative estimate of drug-likeness (QED) is 0.897. The van der Waals surface area contributed by atoms with Gasteiger partial charge in [-0.2, -0.15) is 0 Å². The molecule has 0 bridgehead atoms. The fraction of sp³-hybridized carbons (Fsp3) is 0.615. The summed E-state index contributed by atoms with van der Waals surface area (Å²) in [6.45, 7) is 1.19. The molecule has 106 valence electrons. The van der Waals surface area contributed by atoms with Crippen molar-refractivity contribution in [3.8, 4) is 0 Å². The fourth-order valence-corrected chi connectivity index (χ4v) is 3.14. The Labute approximate surface area is 121 Å². The van der Waals surface area contributed by atoms with Crippen LogP contribution in [0.3, 0.4) is 0 Å². The first kappa shape index (κ1) is 14.6. The van der Waals surface area contributed by atoms with Gasteiger partial charge in [0.1, 0.15) is 5.69 Å². The van der Waals surface area contributed by atoms with Crippen molar-refractivity contribution < 1.29 is 9.90 Å². The molecule has 0 aromatic carbocycles. The lowest BCUT2D eigenvalue weighted by molar-refractivity contribution is 0.0689. The third-order valence-electron chi connectivity index (χ3n) is 3.42. The normalized spacial score (nSPS) is 23.4. The van der Waals surface area contributed by atoms with Gasteiger partial charge in [0.15, 0.2) is 0 Å². The van der Waals surface area contributed by atoms with Crippen molar-refractivity contribution in [1.82, 2.24) is 14.4 Å². The van der Waals surface area contributed by atoms with Crippen molar-refractivity contribution in [2.75, 3.05) is 27.2 Å². The van der Waals surface area contributed by atoms with Crippen LogP contribution in [0.25, 0.3) is 0 Å². The van der Waals surface area contributed by atoms with E-state index in [0.29, 0.717) is 18.7 Å². The second kappa shape index (κ2) is 5.64. The van der Waals surface area contributed by atoms with E-state index in [2.05, 4.69) is 15.9 Å². The zero-order chi connectivity index (χ0) is 14.2. The number of likely N-dealkylation sites (tertiary alicyclic amines) is 1. The van der Waals surface area contributed by atoms with Crippen LogP contribution in [0.1, 0.15) is 16.9 Å². The average Bonchev–Trinajstić information content (AvgIpc) is 2.80. The molecule has 1 amide bonds. The van der Waals surface area contributed by atoms with Gasteiger partial charge in [-0.25, -0.2) is 0 Å². The molecule has 0 saturated carbocycles. The number of halogens is 1. The van der Waals surface area contributed by atoms with Crippen LogP contribution in [-0.4, -0.2) is 64.7 Å². The molecule has 2 rings (SSSR count). The van der Waals surface area contributed by atoms with E-state index in [-0.39, 0.29) is 11.9 Å². The first-order chi connectivity index (χ1) is 8.88. The third kappa shape index (κ3) is 3.19. The van der Waals surface area contributed by atoms with Crippen LogP contribution in [0, 0.1) is 0 Å². The minimum absolute atomic E-state index is 0.0170. The lowest BCUT2D eigenvalue weighted by Crippen LogP contribution is -2.42. The lowest BCUT2D eigenvalue weighted by Gasteiger charge is -2.26. The minimum Gasteiger partial charge on any atom is -0.391 e. The largest absolute Gasteiger partial charge is 0.391 e. The first-order valence-electron chi connectivity index (χ1n) is 6.34. The number of hydrogen-bond donors (Lipinski definition) is 1. The van der Waals surface area contributed by atoms with Crippen LogP contribution in [0.15, 0.2) is 16.7 Å². The molecular weight excluding hydrogens is 310 g/mol. The highest BCUT2D eigenvalue weighted by Crippen LogP contribution is 2.23. The molecule has 2 heterocycles. The summed E-state index contributed by atoms with van der Waals surface area (Å²) in [7, 11) is 5.81. The monoisotopic (exact) mass is 329 g/mol. The number of rotatable bonds is 3. The molecule has 19 heavy (non-hydrogen) atoms. The van der Waals surface area contributed by atoms with Crippen LogP contribution < -0.4 is 0 Å². The topological polar surface area (TPSA) is 48.7 Å². The number of carbonyl (C=O) groups excluding carboxylic acids is 1. The predicted molar refractivity (Wildman–Crippen MR) is 77.1 cm³/mol. The molecule has 1 fully saturated rings. The summed E-state index contributed by atoms with van der Waals surface area (Å²) in [6.07, 6.45) is 2.09. The Bertz CT molecular complexity index is 472. The third-order valence-corrected chi connectivity index (χ3v) is 3.85. The Kier molecular flexibility index (Phi) is 4.32. The standard InChI is InChI=1S/C13H20BrN3O2/c1-15(2)7-10-5-11(18)8-17(10)13(19)12-4-9(14)6-16(12)3/h4,6,10-11,18H,5,7-8H2,1-3H3. The van der Waals surface area contributed by atoms with Gasteiger partial charge in [0.25, 0.3) is 5.91 Å². The summed E-state index contributed by atoms with van der Waals surface area (Å²) < 4.78 is 2.70. The van der Waals surface area contributed by atoms with Gasteiger partial charge in [-0.3, -0.25) is 4.79 Å². The van der Waals surface area contributed by atoms with Crippen molar-refractivity contribution >= 4 is 21.8 Å². The number of aromatic nitrogens is 1. The summed E-state index contributed by atoms with van der Waals surface area (Å²) in [5.41, 5.74) is 0.643. The lowest BCUT2D eigenvalue weighted by atomic mass is 10.2. The number of hydrogen-bond acceptors (Lipinski definition) is 3. The van der Waals surface area contributed by atoms with E-state index < -0.39 is 6.10 Å². The highest BCUT2D eigenvalue weighted by molar-refractivity contribution is 9.10. The van der Waals surface area contributed by atoms with E-state index in [1.54, 1.807) is 4.90 Å². The fourth-order valence-electron chi connectivity index (χ4n) is 2.62. The molecular formula is C13H20BrN3O2. The smallest absolute Gasteiger partial charge is 0.270 e. The van der Waals surface area contributed by atoms with Gasteiger partial charge in [-0.15, -0.1) is 0 Å². The molecule has 1 saturated heterocycles. The highest BCUT2D eigenvalue weighted by Gasteiger charge is 2.35. The Morgan fingerprint density at radius 2 is 2.26 bits per heavy atom. The molecule has 2 unspecified atom stereocenters. The number of carbonyl (C=O) groups is 1. The number of aryl methyl sites for hydroxylation is 1. The maximum atomic E-state index is 12.6. The molecule has 1 aliphatic heterocycles. The molecule has 6 heteroatoms. The summed E-state index contributed by atoms with van der Waals surface area (Å²) >= 11 is 3.38. The molecule has 5 nitrogen and oxygen atoms in total. The average molecular weight is 330 g/mol. The van der Waals surface area contributed by atoms with Gasteiger partial charge in [0, 0.05) is 36.8 Å². The zero-order valence-corrected chi connectivity index (χ0v) is 13.1. The number of β-amino-alcohol motifs (C(OH)–C–C–N with tert-alkyl or cyclic N) is 1. The highest BCUT2D eigenvalue weighted by atomic mass is 79.9. The second-order valence-corrected chi connectivity index (χ2v) is 6.33. The van der Waals surface area contributed by atoms with Crippen LogP contribution in [0.2, 0.25) is 0 Å². The summed E-state index contributed by atoms with van der Waals surface area (Å²) in [5.74, 6) is -0.0170. The van der Waals surface area contributed by atoms with Crippen LogP contribution in [0.4, 0.5) is 0 Å². The number of aliphatic hydroxyl groups is 1. The van der Waals surface area contributed by atoms with Gasteiger partial charge in [0.2, 0.25) is 0 Å². The SMILES string of the molecule is CN(C)CC1CC(O)CN1C(=O)c1cc(Br)cn1C. The van der Waals surface area contributed by atoms with Crippen molar-refractivity contribution in [1.29, 1.82) is 0 Å². The summed E-state index contributed by atoms with van der Waals surface area (Å²) in [5, 5.41) is 9.82. The number of amides is 1. The van der Waals surface area contributed by atoms with Crippen molar-refractivity contribution in [2.24, 2.45) is 7.05 Å². The van der Waals surface area contributed by atoms with E-state index >= 15 is 0 Å². The minimum atomic E-state index is -0.419. The molecule has 0 spiro atoms. The number of nitrogens with zero attached hydrogens (tertiary/aromatic N) is 3. The van der Waals surface area contributed by atoms with Crippen molar-refractivity contribution in [3.63, 3.8) is 0 Å². The molecule has 2 atom stereocenters. The van der Waals surface area contributed by atoms with E-state index in [0.717, 1.165) is 11.0 Å². The maximum Gasteiger partial charge on any atom is 0.270 e. The Balaban J connectivity index is 2.19. The van der Waals surface area contributed by atoms with Crippen molar-refractivity contribution in [3.05, 3.63) is 22.4 Å². The predicted octanol–water partition coefficient (Wildman–Crippen LogP) is 0.925. The van der Waals surface area contributed by atoms with Gasteiger partial charge in [0.05, 0.1) is 6.10 Å². The number of aliphatic hydroxyl groups excluding tert-OH is 1. The van der Waals surface area contributed by atoms with Crippen LogP contribution in [-0.2, 0) is 7.05 Å². The molecule has 1 aromatic rings. The van der Waals surface area contributed by atoms with E-state index in [1.165, 1.54) is 0 Å². The first-order valence-corrected chi connectivity index (χ1v) is 7.13. The molecule has 0 aliphatic carbocycles. The van der Waals surface area contributed by atoms with Crippen LogP contribution >= 0.6 is 15.9 Å². The van der Waals surface area contributed by atoms with E-state index in [1.807, 2.05) is 42.9 Å². The van der Waals surface area contributed by atoms with E-state index in [9.17, 15) is 9.90 Å². The van der Waals surface area contributed by atoms with Crippen molar-refractivity contribution in [2.45, 2.75) is 18.6 Å². The van der Waals surface area contributed by atoms with E-state index in [4.69, 9.17) is 0 Å². The van der Waals surface area contributed by atoms with Crippen LogP contribution in [0.5, 0.6) is 0 Å². The van der Waals surface area contributed by atoms with Gasteiger partial charge in [-0.1, -0.05) is 0 Å². The molecule has 1 N–H and O–H groups in total. The Morgan fingerprint density at radius 3 is 2.79 bits per heavy atom. The number of likely N-dealkylation sites (N-methyl/N-ethyl adjacent to an activating group) is 1. The maximum absolute atomic E-state index is 12.6. The van der Waals surface area contributed by atoms with Gasteiger partial charge in [-0.05, 0) is 42.5 Å². The Morgan fingerprint density at radius 1 is 1.58 bits per heavy atom. The van der Waals surface area contributed by atoms with Gasteiger partial charge < -0.3 is 19.5 Å². The summed E-state index contributed by atoms with van der Waals surface area (Å²) in [4.78, 5) is 16.4. The zero-order valence-electron chi connectivity index (χ0n) is 11.5. The second-order valence-electron chi connectivity index (χ2n) is 5.42. The molecule has 0 radical (unpaired) electrons. The van der Waals surface area contributed by atoms with Gasteiger partial charge >= 0.3 is 0 Å². The summed E-state index contributed by atoms with van der Waals surface area (Å²) in [6, 6.07) is 1.89. The Hall–Kier alpha value is -0.850. The molecule has 1 aliphatic rings.